The number of carboxylic acid groups (broad SMARTS) is 1. The number of fused-ring (bicyclic) bond motifs is 1. The molecule has 0 amide bonds. The number of rotatable bonds is 3. The molecule has 2 heterocycles. The smallest absolute Gasteiger partial charge is 0.339 e. The molecule has 3 rings (SSSR count). The van der Waals surface area contributed by atoms with Crippen molar-refractivity contribution in [2.75, 3.05) is 0 Å². The molecule has 20 heavy (non-hydrogen) atoms. The monoisotopic (exact) mass is 289 g/mol. The van der Waals surface area contributed by atoms with Crippen molar-refractivity contribution in [1.82, 2.24) is 3.96 Å². The minimum Gasteiger partial charge on any atom is -0.478 e. The number of aromatic nitrogens is 1. The fourth-order valence-corrected chi connectivity index (χ4v) is 3.10. The summed E-state index contributed by atoms with van der Waals surface area (Å²) in [6, 6.07) is 8.83. The average molecular weight is 289 g/mol. The van der Waals surface area contributed by atoms with Crippen LogP contribution in [0.2, 0.25) is 0 Å². The molecule has 1 aromatic carbocycles. The van der Waals surface area contributed by atoms with E-state index in [9.17, 15) is 9.59 Å². The summed E-state index contributed by atoms with van der Waals surface area (Å²) >= 11 is 1.34. The molecular weight excluding hydrogens is 278 g/mol. The van der Waals surface area contributed by atoms with Crippen LogP contribution in [0.5, 0.6) is 0 Å². The van der Waals surface area contributed by atoms with E-state index in [1.807, 2.05) is 18.2 Å². The van der Waals surface area contributed by atoms with Crippen molar-refractivity contribution in [3.8, 4) is 0 Å². The highest BCUT2D eigenvalue weighted by molar-refractivity contribution is 7.13. The molecule has 0 unspecified atom stereocenters. The lowest BCUT2D eigenvalue weighted by Gasteiger charge is -1.95. The van der Waals surface area contributed by atoms with Crippen molar-refractivity contribution < 1.29 is 14.3 Å². The lowest BCUT2D eigenvalue weighted by Crippen LogP contribution is -2.13. The first-order valence-electron chi connectivity index (χ1n) is 5.97. The zero-order chi connectivity index (χ0) is 14.3. The summed E-state index contributed by atoms with van der Waals surface area (Å²) in [5.74, 6) is -0.212. The molecular formula is C14H11NO4S. The number of hydrogen-bond donors (Lipinski definition) is 1. The van der Waals surface area contributed by atoms with E-state index in [-0.39, 0.29) is 17.7 Å². The molecule has 102 valence electrons. The highest BCUT2D eigenvalue weighted by Gasteiger charge is 2.15. The van der Waals surface area contributed by atoms with E-state index in [1.54, 1.807) is 16.9 Å². The van der Waals surface area contributed by atoms with Gasteiger partial charge in [-0.25, -0.2) is 4.79 Å². The lowest BCUT2D eigenvalue weighted by molar-refractivity contribution is 0.0695. The van der Waals surface area contributed by atoms with Crippen LogP contribution < -0.4 is 5.56 Å². The molecule has 0 fully saturated rings. The van der Waals surface area contributed by atoms with Crippen LogP contribution in [-0.2, 0) is 6.54 Å². The third-order valence-electron chi connectivity index (χ3n) is 3.05. The molecule has 0 atom stereocenters. The predicted molar refractivity (Wildman–Crippen MR) is 75.6 cm³/mol. The zero-order valence-corrected chi connectivity index (χ0v) is 11.4. The third-order valence-corrected chi connectivity index (χ3v) is 4.12. The second-order valence-corrected chi connectivity index (χ2v) is 5.48. The Hall–Kier alpha value is -2.34. The Morgan fingerprint density at radius 2 is 2.15 bits per heavy atom. The highest BCUT2D eigenvalue weighted by atomic mass is 32.1. The number of aromatic carboxylic acids is 1. The van der Waals surface area contributed by atoms with Gasteiger partial charge in [0.2, 0.25) is 0 Å². The van der Waals surface area contributed by atoms with E-state index < -0.39 is 5.97 Å². The standard InChI is InChI=1S/C14H11NO4S/c1-8-11(14(17)18)6-9(19-8)7-15-13(16)10-4-2-3-5-12(10)20-15/h2-6H,7H2,1H3,(H,17,18). The van der Waals surface area contributed by atoms with Gasteiger partial charge in [-0.3, -0.25) is 8.75 Å². The van der Waals surface area contributed by atoms with Crippen LogP contribution in [0.4, 0.5) is 0 Å². The van der Waals surface area contributed by atoms with Crippen LogP contribution in [0, 0.1) is 6.92 Å². The minimum atomic E-state index is -1.03. The van der Waals surface area contributed by atoms with E-state index in [0.29, 0.717) is 16.9 Å². The zero-order valence-electron chi connectivity index (χ0n) is 10.6. The van der Waals surface area contributed by atoms with Crippen molar-refractivity contribution >= 4 is 27.6 Å². The molecule has 0 aliphatic heterocycles. The van der Waals surface area contributed by atoms with E-state index in [1.165, 1.54) is 17.6 Å². The molecule has 0 saturated carbocycles. The molecule has 0 saturated heterocycles. The lowest BCUT2D eigenvalue weighted by atomic mass is 10.2. The number of benzene rings is 1. The number of hydrogen-bond acceptors (Lipinski definition) is 4. The van der Waals surface area contributed by atoms with Gasteiger partial charge in [-0.15, -0.1) is 0 Å². The summed E-state index contributed by atoms with van der Waals surface area (Å²) in [6.45, 7) is 1.84. The maximum Gasteiger partial charge on any atom is 0.339 e. The van der Waals surface area contributed by atoms with E-state index >= 15 is 0 Å². The number of carbonyl (C=O) groups is 1. The van der Waals surface area contributed by atoms with Gasteiger partial charge in [0.15, 0.2) is 0 Å². The Morgan fingerprint density at radius 1 is 1.40 bits per heavy atom. The van der Waals surface area contributed by atoms with Crippen LogP contribution in [0.1, 0.15) is 21.9 Å². The van der Waals surface area contributed by atoms with Crippen molar-refractivity contribution in [3.63, 3.8) is 0 Å². The van der Waals surface area contributed by atoms with Crippen molar-refractivity contribution in [2.24, 2.45) is 0 Å². The Bertz CT molecular complexity index is 856. The van der Waals surface area contributed by atoms with Gasteiger partial charge in [-0.2, -0.15) is 0 Å². The van der Waals surface area contributed by atoms with Crippen LogP contribution in [0.15, 0.2) is 39.5 Å². The van der Waals surface area contributed by atoms with Gasteiger partial charge in [0.25, 0.3) is 5.56 Å². The van der Waals surface area contributed by atoms with Gasteiger partial charge in [0, 0.05) is 0 Å². The third kappa shape index (κ3) is 2.04. The number of nitrogens with zero attached hydrogens (tertiary/aromatic N) is 1. The highest BCUT2D eigenvalue weighted by Crippen LogP contribution is 2.19. The van der Waals surface area contributed by atoms with Crippen LogP contribution >= 0.6 is 11.5 Å². The molecule has 1 N–H and O–H groups in total. The van der Waals surface area contributed by atoms with E-state index in [2.05, 4.69) is 0 Å². The van der Waals surface area contributed by atoms with Gasteiger partial charge in [-0.1, -0.05) is 23.7 Å². The quantitative estimate of drug-likeness (QED) is 0.804. The Labute approximate surface area is 117 Å². The average Bonchev–Trinajstić information content (AvgIpc) is 2.92. The maximum atomic E-state index is 12.2. The van der Waals surface area contributed by atoms with Crippen molar-refractivity contribution in [2.45, 2.75) is 13.5 Å². The molecule has 6 heteroatoms. The Balaban J connectivity index is 2.01. The SMILES string of the molecule is Cc1oc(Cn2sc3ccccc3c2=O)cc1C(=O)O. The fourth-order valence-electron chi connectivity index (χ4n) is 2.10. The summed E-state index contributed by atoms with van der Waals surface area (Å²) < 4.78 is 7.86. The summed E-state index contributed by atoms with van der Waals surface area (Å²) in [5.41, 5.74) is 0.0469. The Kier molecular flexibility index (Phi) is 2.94. The summed E-state index contributed by atoms with van der Waals surface area (Å²) in [6.07, 6.45) is 0. The first kappa shape index (κ1) is 12.7. The van der Waals surface area contributed by atoms with Crippen LogP contribution in [-0.4, -0.2) is 15.0 Å². The van der Waals surface area contributed by atoms with Crippen molar-refractivity contribution in [3.05, 3.63) is 57.8 Å². The van der Waals surface area contributed by atoms with Gasteiger partial charge in [-0.05, 0) is 25.1 Å². The number of carboxylic acids is 1. The molecule has 3 aromatic rings. The van der Waals surface area contributed by atoms with E-state index in [0.717, 1.165) is 4.70 Å². The van der Waals surface area contributed by atoms with Crippen LogP contribution in [0.25, 0.3) is 10.1 Å². The maximum absolute atomic E-state index is 12.2. The van der Waals surface area contributed by atoms with Gasteiger partial charge in [0.1, 0.15) is 17.1 Å². The Morgan fingerprint density at radius 3 is 2.80 bits per heavy atom. The molecule has 0 bridgehead atoms. The minimum absolute atomic E-state index is 0.0865. The first-order valence-corrected chi connectivity index (χ1v) is 6.75. The van der Waals surface area contributed by atoms with Gasteiger partial charge in [0.05, 0.1) is 16.6 Å². The number of furan rings is 1. The normalized spacial score (nSPS) is 11.1. The second-order valence-electron chi connectivity index (χ2n) is 4.42. The molecule has 0 spiro atoms. The molecule has 0 aliphatic rings. The first-order chi connectivity index (χ1) is 9.56. The molecule has 0 radical (unpaired) electrons. The van der Waals surface area contributed by atoms with Crippen LogP contribution in [0.3, 0.4) is 0 Å². The molecule has 2 aromatic heterocycles. The topological polar surface area (TPSA) is 72.4 Å². The van der Waals surface area contributed by atoms with E-state index in [4.69, 9.17) is 9.52 Å². The summed E-state index contributed by atoms with van der Waals surface area (Å²) in [5, 5.41) is 9.65. The van der Waals surface area contributed by atoms with Gasteiger partial charge < -0.3 is 9.52 Å². The predicted octanol–water partition coefficient (Wildman–Crippen LogP) is 2.71. The second kappa shape index (κ2) is 4.64. The number of aryl methyl sites for hydroxylation is 1. The molecule has 0 aliphatic carbocycles. The summed E-state index contributed by atoms with van der Waals surface area (Å²) in [4.78, 5) is 23.1. The summed E-state index contributed by atoms with van der Waals surface area (Å²) in [7, 11) is 0. The largest absolute Gasteiger partial charge is 0.478 e. The van der Waals surface area contributed by atoms with Gasteiger partial charge >= 0.3 is 5.97 Å². The van der Waals surface area contributed by atoms with Crippen molar-refractivity contribution in [1.29, 1.82) is 0 Å². The fraction of sp³-hybridized carbons (Fsp3) is 0.143. The molecule has 5 nitrogen and oxygen atoms in total.